The summed E-state index contributed by atoms with van der Waals surface area (Å²) in [4.78, 5) is 43.0. The summed E-state index contributed by atoms with van der Waals surface area (Å²) >= 11 is 0. The Morgan fingerprint density at radius 1 is 1.14 bits per heavy atom. The molecule has 1 fully saturated rings. The van der Waals surface area contributed by atoms with E-state index >= 15 is 0 Å². The number of hydrogen-bond donors (Lipinski definition) is 2. The quantitative estimate of drug-likeness (QED) is 0.816. The Hall–Kier alpha value is -3.03. The van der Waals surface area contributed by atoms with Gasteiger partial charge in [0.25, 0.3) is 5.56 Å². The molecule has 0 saturated carbocycles. The Morgan fingerprint density at radius 3 is 2.72 bits per heavy atom. The zero-order chi connectivity index (χ0) is 20.4. The van der Waals surface area contributed by atoms with Crippen LogP contribution in [0, 0.1) is 6.92 Å². The van der Waals surface area contributed by atoms with Gasteiger partial charge in [-0.05, 0) is 43.9 Å². The van der Waals surface area contributed by atoms with Gasteiger partial charge in [-0.3, -0.25) is 14.6 Å². The van der Waals surface area contributed by atoms with Crippen molar-refractivity contribution < 1.29 is 14.3 Å². The molecule has 1 saturated heterocycles. The third kappa shape index (κ3) is 4.06. The van der Waals surface area contributed by atoms with Gasteiger partial charge in [-0.1, -0.05) is 6.07 Å². The van der Waals surface area contributed by atoms with Crippen LogP contribution in [0.5, 0.6) is 11.5 Å². The average Bonchev–Trinajstić information content (AvgIpc) is 3.06. The second kappa shape index (κ2) is 8.14. The van der Waals surface area contributed by atoms with Crippen molar-refractivity contribution in [3.8, 4) is 11.5 Å². The molecule has 1 aromatic carbocycles. The highest BCUT2D eigenvalue weighted by Crippen LogP contribution is 2.38. The summed E-state index contributed by atoms with van der Waals surface area (Å²) in [7, 11) is 0. The fraction of sp³-hybridized carbons (Fsp3) is 0.476. The molecule has 0 spiro atoms. The molecular formula is C21H25N3O5. The van der Waals surface area contributed by atoms with Gasteiger partial charge in [0, 0.05) is 30.6 Å². The van der Waals surface area contributed by atoms with Crippen LogP contribution in [0.3, 0.4) is 0 Å². The van der Waals surface area contributed by atoms with E-state index in [4.69, 9.17) is 9.47 Å². The molecule has 2 aliphatic rings. The van der Waals surface area contributed by atoms with Gasteiger partial charge in [0.05, 0.1) is 19.3 Å². The van der Waals surface area contributed by atoms with Crippen molar-refractivity contribution in [3.05, 3.63) is 55.9 Å². The van der Waals surface area contributed by atoms with E-state index in [9.17, 15) is 14.4 Å². The molecule has 1 aromatic heterocycles. The molecular weight excluding hydrogens is 374 g/mol. The van der Waals surface area contributed by atoms with Crippen molar-refractivity contribution in [1.82, 2.24) is 14.9 Å². The highest BCUT2D eigenvalue weighted by molar-refractivity contribution is 5.77. The number of likely N-dealkylation sites (tertiary alicyclic amines) is 1. The van der Waals surface area contributed by atoms with Gasteiger partial charge in [0.2, 0.25) is 5.91 Å². The third-order valence-corrected chi connectivity index (χ3v) is 5.57. The Labute approximate surface area is 167 Å². The second-order valence-corrected chi connectivity index (χ2v) is 7.51. The maximum absolute atomic E-state index is 12.9. The molecule has 0 bridgehead atoms. The number of aromatic nitrogens is 2. The lowest BCUT2D eigenvalue weighted by Gasteiger charge is -2.26. The minimum atomic E-state index is -0.531. The summed E-state index contributed by atoms with van der Waals surface area (Å²) in [6, 6.07) is 5.89. The maximum atomic E-state index is 12.9. The van der Waals surface area contributed by atoms with E-state index in [0.29, 0.717) is 37.4 Å². The molecule has 4 rings (SSSR count). The molecule has 154 valence electrons. The predicted octanol–water partition coefficient (Wildman–Crippen LogP) is 1.83. The highest BCUT2D eigenvalue weighted by Gasteiger charge is 2.30. The van der Waals surface area contributed by atoms with Gasteiger partial charge >= 0.3 is 5.69 Å². The number of benzene rings is 1. The largest absolute Gasteiger partial charge is 0.490 e. The number of nitrogens with zero attached hydrogens (tertiary/aromatic N) is 1. The number of aromatic amines is 2. The summed E-state index contributed by atoms with van der Waals surface area (Å²) in [5, 5.41) is 0. The van der Waals surface area contributed by atoms with Gasteiger partial charge in [0.1, 0.15) is 0 Å². The molecule has 0 aliphatic carbocycles. The third-order valence-electron chi connectivity index (χ3n) is 5.57. The number of ether oxygens (including phenoxy) is 2. The molecule has 2 aliphatic heterocycles. The van der Waals surface area contributed by atoms with Crippen LogP contribution in [-0.4, -0.2) is 40.5 Å². The monoisotopic (exact) mass is 399 g/mol. The summed E-state index contributed by atoms with van der Waals surface area (Å²) in [6.45, 7) is 3.63. The number of carbonyl (C=O) groups is 1. The van der Waals surface area contributed by atoms with Crippen LogP contribution in [0.1, 0.15) is 48.5 Å². The minimum absolute atomic E-state index is 0.00427. The smallest absolute Gasteiger partial charge is 0.325 e. The van der Waals surface area contributed by atoms with E-state index in [0.717, 1.165) is 36.3 Å². The lowest BCUT2D eigenvalue weighted by molar-refractivity contribution is -0.132. The van der Waals surface area contributed by atoms with Crippen molar-refractivity contribution in [2.24, 2.45) is 0 Å². The molecule has 2 aromatic rings. The second-order valence-electron chi connectivity index (χ2n) is 7.51. The van der Waals surface area contributed by atoms with Crippen LogP contribution in [0.2, 0.25) is 0 Å². The molecule has 0 unspecified atom stereocenters. The molecule has 2 N–H and O–H groups in total. The molecule has 1 atom stereocenters. The van der Waals surface area contributed by atoms with Crippen LogP contribution >= 0.6 is 0 Å². The molecule has 29 heavy (non-hydrogen) atoms. The Kier molecular flexibility index (Phi) is 5.42. The first-order valence-corrected chi connectivity index (χ1v) is 10.0. The Balaban J connectivity index is 1.48. The molecule has 3 heterocycles. The minimum Gasteiger partial charge on any atom is -0.490 e. The normalized spacial score (nSPS) is 18.5. The van der Waals surface area contributed by atoms with E-state index in [2.05, 4.69) is 9.97 Å². The number of aryl methyl sites for hydroxylation is 1. The molecule has 0 radical (unpaired) electrons. The summed E-state index contributed by atoms with van der Waals surface area (Å²) in [5.74, 6) is 1.48. The maximum Gasteiger partial charge on any atom is 0.325 e. The van der Waals surface area contributed by atoms with Crippen LogP contribution in [0.25, 0.3) is 0 Å². The van der Waals surface area contributed by atoms with E-state index in [1.807, 2.05) is 23.1 Å². The number of rotatable bonds is 4. The molecule has 8 heteroatoms. The first-order chi connectivity index (χ1) is 14.0. The topological polar surface area (TPSA) is 104 Å². The number of hydrogen-bond acceptors (Lipinski definition) is 5. The van der Waals surface area contributed by atoms with Gasteiger partial charge < -0.3 is 19.4 Å². The summed E-state index contributed by atoms with van der Waals surface area (Å²) < 4.78 is 11.5. The van der Waals surface area contributed by atoms with E-state index in [1.54, 1.807) is 6.92 Å². The van der Waals surface area contributed by atoms with Crippen molar-refractivity contribution >= 4 is 5.91 Å². The zero-order valence-electron chi connectivity index (χ0n) is 16.5. The fourth-order valence-electron chi connectivity index (χ4n) is 4.10. The van der Waals surface area contributed by atoms with Crippen molar-refractivity contribution in [1.29, 1.82) is 0 Å². The number of nitrogens with one attached hydrogen (secondary N) is 2. The Morgan fingerprint density at radius 2 is 1.93 bits per heavy atom. The summed E-state index contributed by atoms with van der Waals surface area (Å²) in [6.07, 6.45) is 3.19. The van der Waals surface area contributed by atoms with Crippen LogP contribution < -0.4 is 20.7 Å². The first kappa shape index (κ1) is 19.3. The Bertz CT molecular complexity index is 1030. The van der Waals surface area contributed by atoms with Crippen LogP contribution in [-0.2, 0) is 11.2 Å². The number of amides is 1. The standard InChI is InChI=1S/C21H25N3O5/c1-13-15(20(26)23-21(27)22-13)6-8-19(25)24-9-2-4-16(24)14-5-7-17-18(12-14)29-11-3-10-28-17/h5,7,12,16H,2-4,6,8-11H2,1H3,(H2,22,23,26,27)/t16-/m1/s1. The van der Waals surface area contributed by atoms with E-state index < -0.39 is 11.2 Å². The van der Waals surface area contributed by atoms with Crippen molar-refractivity contribution in [3.63, 3.8) is 0 Å². The van der Waals surface area contributed by atoms with Crippen LogP contribution in [0.4, 0.5) is 0 Å². The molecule has 8 nitrogen and oxygen atoms in total. The van der Waals surface area contributed by atoms with Crippen molar-refractivity contribution in [2.75, 3.05) is 19.8 Å². The van der Waals surface area contributed by atoms with E-state index in [-0.39, 0.29) is 18.4 Å². The van der Waals surface area contributed by atoms with Gasteiger partial charge in [-0.2, -0.15) is 0 Å². The molecule has 1 amide bonds. The highest BCUT2D eigenvalue weighted by atomic mass is 16.5. The predicted molar refractivity (Wildman–Crippen MR) is 106 cm³/mol. The van der Waals surface area contributed by atoms with Crippen LogP contribution in [0.15, 0.2) is 27.8 Å². The van der Waals surface area contributed by atoms with Crippen molar-refractivity contribution in [2.45, 2.75) is 45.1 Å². The zero-order valence-corrected chi connectivity index (χ0v) is 16.5. The first-order valence-electron chi connectivity index (χ1n) is 10.0. The average molecular weight is 399 g/mol. The number of fused-ring (bicyclic) bond motifs is 1. The number of H-pyrrole nitrogens is 2. The van der Waals surface area contributed by atoms with E-state index in [1.165, 1.54) is 0 Å². The fourth-order valence-corrected chi connectivity index (χ4v) is 4.10. The van der Waals surface area contributed by atoms with Gasteiger partial charge in [0.15, 0.2) is 11.5 Å². The van der Waals surface area contributed by atoms with Gasteiger partial charge in [-0.25, -0.2) is 4.79 Å². The lowest BCUT2D eigenvalue weighted by atomic mass is 10.0. The lowest BCUT2D eigenvalue weighted by Crippen LogP contribution is -2.32. The SMILES string of the molecule is Cc1[nH]c(=O)[nH]c(=O)c1CCC(=O)N1CCC[C@@H]1c1ccc2c(c1)OCCCO2. The van der Waals surface area contributed by atoms with Gasteiger partial charge in [-0.15, -0.1) is 0 Å². The summed E-state index contributed by atoms with van der Waals surface area (Å²) in [5.41, 5.74) is 1.03. The number of carbonyl (C=O) groups excluding carboxylic acids is 1.